The van der Waals surface area contributed by atoms with E-state index in [4.69, 9.17) is 4.98 Å². The molecule has 0 saturated carbocycles. The standard InChI is InChI=1S/C33H50FN3O/c1-6-10-20-32(21-11-7-2)33(27(5)38,22-12-8-3)37(25-24-36(32)23-13-9-4)31-19-18-28(26-35-31)29-16-14-15-17-30(29)34/h14-19,26H,6-13,20-25H2,1-5H3. The first-order chi connectivity index (χ1) is 18.4. The van der Waals surface area contributed by atoms with Crippen LogP contribution in [0.4, 0.5) is 10.2 Å². The first-order valence-electron chi connectivity index (χ1n) is 15.2. The predicted molar refractivity (Wildman–Crippen MR) is 158 cm³/mol. The summed E-state index contributed by atoms with van der Waals surface area (Å²) in [6.45, 7) is 13.6. The third-order valence-electron chi connectivity index (χ3n) is 8.78. The zero-order valence-electron chi connectivity index (χ0n) is 24.6. The number of benzene rings is 1. The highest BCUT2D eigenvalue weighted by Gasteiger charge is 2.61. The second-order valence-corrected chi connectivity index (χ2v) is 11.1. The summed E-state index contributed by atoms with van der Waals surface area (Å²) in [5, 5.41) is 0. The number of piperazine rings is 1. The van der Waals surface area contributed by atoms with E-state index in [-0.39, 0.29) is 17.1 Å². The number of aromatic nitrogens is 1. The number of hydrogen-bond acceptors (Lipinski definition) is 4. The lowest BCUT2D eigenvalue weighted by molar-refractivity contribution is -0.134. The van der Waals surface area contributed by atoms with E-state index < -0.39 is 5.54 Å². The first-order valence-corrected chi connectivity index (χ1v) is 15.2. The van der Waals surface area contributed by atoms with Crippen molar-refractivity contribution in [1.82, 2.24) is 9.88 Å². The fourth-order valence-electron chi connectivity index (χ4n) is 6.81. The van der Waals surface area contributed by atoms with Crippen LogP contribution in [0.25, 0.3) is 11.1 Å². The maximum absolute atomic E-state index is 14.5. The number of pyridine rings is 1. The van der Waals surface area contributed by atoms with E-state index in [9.17, 15) is 9.18 Å². The van der Waals surface area contributed by atoms with Crippen LogP contribution in [-0.2, 0) is 4.79 Å². The Morgan fingerprint density at radius 3 is 2.05 bits per heavy atom. The Labute approximate surface area is 231 Å². The lowest BCUT2D eigenvalue weighted by atomic mass is 9.62. The van der Waals surface area contributed by atoms with Crippen molar-refractivity contribution in [3.05, 3.63) is 48.4 Å². The van der Waals surface area contributed by atoms with E-state index in [1.807, 2.05) is 25.1 Å². The van der Waals surface area contributed by atoms with E-state index in [1.54, 1.807) is 18.3 Å². The summed E-state index contributed by atoms with van der Waals surface area (Å²) in [7, 11) is 0. The minimum atomic E-state index is -0.633. The quantitative estimate of drug-likeness (QED) is 0.235. The van der Waals surface area contributed by atoms with Gasteiger partial charge in [0.1, 0.15) is 17.2 Å². The van der Waals surface area contributed by atoms with Crippen LogP contribution in [0.3, 0.4) is 0 Å². The Kier molecular flexibility index (Phi) is 11.3. The van der Waals surface area contributed by atoms with Gasteiger partial charge in [-0.2, -0.15) is 0 Å². The fourth-order valence-corrected chi connectivity index (χ4v) is 6.81. The highest BCUT2D eigenvalue weighted by molar-refractivity contribution is 5.92. The molecule has 1 atom stereocenters. The van der Waals surface area contributed by atoms with Crippen LogP contribution in [-0.4, -0.2) is 46.4 Å². The van der Waals surface area contributed by atoms with Crippen molar-refractivity contribution in [3.8, 4) is 11.1 Å². The van der Waals surface area contributed by atoms with E-state index in [2.05, 4.69) is 37.5 Å². The normalized spacial score (nSPS) is 19.6. The number of rotatable bonds is 15. The van der Waals surface area contributed by atoms with Crippen molar-refractivity contribution in [3.63, 3.8) is 0 Å². The average molecular weight is 524 g/mol. The molecular formula is C33H50FN3O. The van der Waals surface area contributed by atoms with Crippen molar-refractivity contribution in [2.24, 2.45) is 0 Å². The van der Waals surface area contributed by atoms with Crippen molar-refractivity contribution in [2.75, 3.05) is 24.5 Å². The molecule has 5 heteroatoms. The Hall–Kier alpha value is -2.27. The summed E-state index contributed by atoms with van der Waals surface area (Å²) in [5.41, 5.74) is 0.462. The molecule has 0 amide bonds. The molecule has 1 aromatic carbocycles. The van der Waals surface area contributed by atoms with Crippen molar-refractivity contribution < 1.29 is 9.18 Å². The molecule has 0 spiro atoms. The smallest absolute Gasteiger partial charge is 0.157 e. The second kappa shape index (κ2) is 14.2. The number of hydrogen-bond donors (Lipinski definition) is 0. The van der Waals surface area contributed by atoms with Gasteiger partial charge in [0.2, 0.25) is 0 Å². The van der Waals surface area contributed by atoms with Crippen molar-refractivity contribution in [2.45, 2.75) is 116 Å². The van der Waals surface area contributed by atoms with Crippen molar-refractivity contribution in [1.29, 1.82) is 0 Å². The lowest BCUT2D eigenvalue weighted by Crippen LogP contribution is -2.79. The number of halogens is 1. The molecule has 3 rings (SSSR count). The van der Waals surface area contributed by atoms with E-state index >= 15 is 0 Å². The summed E-state index contributed by atoms with van der Waals surface area (Å²) in [5.74, 6) is 0.856. The number of unbranched alkanes of at least 4 members (excludes halogenated alkanes) is 4. The molecule has 1 saturated heterocycles. The van der Waals surface area contributed by atoms with Crippen LogP contribution in [0.15, 0.2) is 42.6 Å². The summed E-state index contributed by atoms with van der Waals surface area (Å²) in [6.07, 6.45) is 13.5. The summed E-state index contributed by atoms with van der Waals surface area (Å²) < 4.78 is 14.5. The van der Waals surface area contributed by atoms with Crippen LogP contribution in [0.2, 0.25) is 0 Å². The third-order valence-corrected chi connectivity index (χ3v) is 8.78. The summed E-state index contributed by atoms with van der Waals surface area (Å²) in [6, 6.07) is 10.8. The number of Topliss-reactive ketones (excluding diaryl/α,β-unsaturated/α-hetero) is 1. The minimum absolute atomic E-state index is 0.223. The van der Waals surface area contributed by atoms with Gasteiger partial charge in [-0.3, -0.25) is 9.69 Å². The average Bonchev–Trinajstić information content (AvgIpc) is 2.93. The van der Waals surface area contributed by atoms with Gasteiger partial charge in [-0.15, -0.1) is 0 Å². The molecule has 0 aliphatic carbocycles. The number of ketones is 1. The molecule has 2 heterocycles. The second-order valence-electron chi connectivity index (χ2n) is 11.1. The molecule has 4 nitrogen and oxygen atoms in total. The highest BCUT2D eigenvalue weighted by Crippen LogP contribution is 2.49. The zero-order valence-corrected chi connectivity index (χ0v) is 24.6. The van der Waals surface area contributed by atoms with Gasteiger partial charge >= 0.3 is 0 Å². The summed E-state index contributed by atoms with van der Waals surface area (Å²) in [4.78, 5) is 24.1. The minimum Gasteiger partial charge on any atom is -0.341 e. The molecule has 0 N–H and O–H groups in total. The molecular weight excluding hydrogens is 473 g/mol. The molecule has 0 bridgehead atoms. The molecule has 1 fully saturated rings. The number of nitrogens with zero attached hydrogens (tertiary/aromatic N) is 3. The summed E-state index contributed by atoms with van der Waals surface area (Å²) >= 11 is 0. The van der Waals surface area contributed by atoms with Gasteiger partial charge in [-0.05, 0) is 57.4 Å². The monoisotopic (exact) mass is 523 g/mol. The van der Waals surface area contributed by atoms with Crippen LogP contribution in [0.1, 0.15) is 105 Å². The van der Waals surface area contributed by atoms with Gasteiger partial charge < -0.3 is 4.90 Å². The van der Waals surface area contributed by atoms with Crippen LogP contribution >= 0.6 is 0 Å². The van der Waals surface area contributed by atoms with Crippen LogP contribution in [0, 0.1) is 5.82 Å². The molecule has 1 aliphatic heterocycles. The molecule has 38 heavy (non-hydrogen) atoms. The first kappa shape index (κ1) is 30.3. The highest BCUT2D eigenvalue weighted by atomic mass is 19.1. The molecule has 1 aliphatic rings. The Morgan fingerprint density at radius 2 is 1.50 bits per heavy atom. The molecule has 1 unspecified atom stereocenters. The largest absolute Gasteiger partial charge is 0.341 e. The number of anilines is 1. The number of carbonyl (C=O) groups is 1. The SMILES string of the molecule is CCCCN1CCN(c2ccc(-c3ccccc3F)cn2)C(CCCC)(C(C)=O)C1(CCCC)CCCC. The number of carbonyl (C=O) groups excluding carboxylic acids is 1. The Balaban J connectivity index is 2.18. The van der Waals surface area contributed by atoms with Crippen molar-refractivity contribution >= 4 is 11.6 Å². The topological polar surface area (TPSA) is 36.4 Å². The predicted octanol–water partition coefficient (Wildman–Crippen LogP) is 8.45. The van der Waals surface area contributed by atoms with Gasteiger partial charge in [-0.25, -0.2) is 9.37 Å². The van der Waals surface area contributed by atoms with Gasteiger partial charge in [0.05, 0.1) is 5.54 Å². The van der Waals surface area contributed by atoms with Gasteiger partial charge in [0.25, 0.3) is 0 Å². The molecule has 2 aromatic rings. The van der Waals surface area contributed by atoms with E-state index in [1.165, 1.54) is 6.07 Å². The lowest BCUT2D eigenvalue weighted by Gasteiger charge is -2.64. The molecule has 1 aromatic heterocycles. The van der Waals surface area contributed by atoms with Crippen LogP contribution in [0.5, 0.6) is 0 Å². The van der Waals surface area contributed by atoms with Gasteiger partial charge in [0, 0.05) is 30.4 Å². The Bertz CT molecular complexity index is 1000. The van der Waals surface area contributed by atoms with E-state index in [0.29, 0.717) is 5.56 Å². The van der Waals surface area contributed by atoms with Crippen LogP contribution < -0.4 is 4.90 Å². The van der Waals surface area contributed by atoms with E-state index in [0.717, 1.165) is 102 Å². The Morgan fingerprint density at radius 1 is 0.868 bits per heavy atom. The molecule has 210 valence electrons. The van der Waals surface area contributed by atoms with Gasteiger partial charge in [0.15, 0.2) is 5.78 Å². The maximum atomic E-state index is 14.5. The van der Waals surface area contributed by atoms with Gasteiger partial charge in [-0.1, -0.05) is 90.8 Å². The zero-order chi connectivity index (χ0) is 27.6. The third kappa shape index (κ3) is 5.98. The maximum Gasteiger partial charge on any atom is 0.157 e. The fraction of sp³-hybridized carbons (Fsp3) is 0.636. The molecule has 0 radical (unpaired) electrons.